The van der Waals surface area contributed by atoms with Gasteiger partial charge in [-0.2, -0.15) is 4.98 Å². The number of pyridine rings is 1. The summed E-state index contributed by atoms with van der Waals surface area (Å²) in [6.45, 7) is 1.94. The van der Waals surface area contributed by atoms with E-state index in [1.807, 2.05) is 37.3 Å². The maximum absolute atomic E-state index is 12.1. The SMILES string of the molecule is Cc1ccc(Br)cc1NC(=O)CCc1nc(-c2ccccn2)no1. The smallest absolute Gasteiger partial charge is 0.227 e. The largest absolute Gasteiger partial charge is 0.339 e. The lowest BCUT2D eigenvalue weighted by atomic mass is 10.2. The Hall–Kier alpha value is -2.54. The molecule has 6 nitrogen and oxygen atoms in total. The zero-order valence-electron chi connectivity index (χ0n) is 13.0. The van der Waals surface area contributed by atoms with E-state index in [1.165, 1.54) is 0 Å². The third kappa shape index (κ3) is 4.05. The molecule has 0 aliphatic rings. The summed E-state index contributed by atoms with van der Waals surface area (Å²) in [6.07, 6.45) is 2.30. The first-order valence-corrected chi connectivity index (χ1v) is 8.21. The first-order chi connectivity index (χ1) is 11.6. The van der Waals surface area contributed by atoms with Crippen molar-refractivity contribution in [1.82, 2.24) is 15.1 Å². The summed E-state index contributed by atoms with van der Waals surface area (Å²) in [5, 5.41) is 6.78. The third-order valence-electron chi connectivity index (χ3n) is 3.40. The molecule has 1 aromatic carbocycles. The Kier molecular flexibility index (Phi) is 5.00. The molecule has 0 spiro atoms. The lowest BCUT2D eigenvalue weighted by Gasteiger charge is -2.08. The Morgan fingerprint density at radius 2 is 2.17 bits per heavy atom. The topological polar surface area (TPSA) is 80.9 Å². The number of aromatic nitrogens is 3. The van der Waals surface area contributed by atoms with Crippen LogP contribution in [0.25, 0.3) is 11.5 Å². The number of nitrogens with zero attached hydrogens (tertiary/aromatic N) is 3. The minimum Gasteiger partial charge on any atom is -0.339 e. The highest BCUT2D eigenvalue weighted by molar-refractivity contribution is 9.10. The number of carbonyl (C=O) groups is 1. The van der Waals surface area contributed by atoms with Gasteiger partial charge in [-0.05, 0) is 36.8 Å². The molecular formula is C17H15BrN4O2. The molecule has 2 heterocycles. The Morgan fingerprint density at radius 1 is 1.29 bits per heavy atom. The van der Waals surface area contributed by atoms with E-state index in [9.17, 15) is 4.79 Å². The van der Waals surface area contributed by atoms with Crippen LogP contribution < -0.4 is 5.32 Å². The molecule has 0 unspecified atom stereocenters. The monoisotopic (exact) mass is 386 g/mol. The molecule has 7 heteroatoms. The van der Waals surface area contributed by atoms with Gasteiger partial charge in [-0.15, -0.1) is 0 Å². The third-order valence-corrected chi connectivity index (χ3v) is 3.89. The van der Waals surface area contributed by atoms with E-state index in [4.69, 9.17) is 4.52 Å². The van der Waals surface area contributed by atoms with Crippen molar-refractivity contribution < 1.29 is 9.32 Å². The lowest BCUT2D eigenvalue weighted by Crippen LogP contribution is -2.13. The van der Waals surface area contributed by atoms with E-state index in [0.29, 0.717) is 23.8 Å². The Morgan fingerprint density at radius 3 is 2.96 bits per heavy atom. The predicted octanol–water partition coefficient (Wildman–Crippen LogP) is 3.77. The summed E-state index contributed by atoms with van der Waals surface area (Å²) in [5.74, 6) is 0.736. The molecule has 0 saturated carbocycles. The summed E-state index contributed by atoms with van der Waals surface area (Å²) in [7, 11) is 0. The maximum atomic E-state index is 12.1. The number of amides is 1. The van der Waals surface area contributed by atoms with Crippen LogP contribution in [-0.2, 0) is 11.2 Å². The summed E-state index contributed by atoms with van der Waals surface area (Å²) in [4.78, 5) is 20.5. The number of nitrogens with one attached hydrogen (secondary N) is 1. The van der Waals surface area contributed by atoms with Gasteiger partial charge in [0, 0.05) is 29.2 Å². The zero-order chi connectivity index (χ0) is 16.9. The van der Waals surface area contributed by atoms with Crippen molar-refractivity contribution in [2.45, 2.75) is 19.8 Å². The molecule has 2 aromatic heterocycles. The molecule has 0 saturated heterocycles. The number of hydrogen-bond acceptors (Lipinski definition) is 5. The average molecular weight is 387 g/mol. The van der Waals surface area contributed by atoms with Crippen LogP contribution in [0.4, 0.5) is 5.69 Å². The minimum atomic E-state index is -0.103. The minimum absolute atomic E-state index is 0.103. The van der Waals surface area contributed by atoms with E-state index >= 15 is 0 Å². The van der Waals surface area contributed by atoms with Gasteiger partial charge in [0.2, 0.25) is 17.6 Å². The van der Waals surface area contributed by atoms with E-state index < -0.39 is 0 Å². The molecular weight excluding hydrogens is 372 g/mol. The molecule has 1 amide bonds. The van der Waals surface area contributed by atoms with E-state index in [2.05, 4.69) is 36.4 Å². The summed E-state index contributed by atoms with van der Waals surface area (Å²) in [6, 6.07) is 11.2. The molecule has 0 atom stereocenters. The fourth-order valence-corrected chi connectivity index (χ4v) is 2.48. The van der Waals surface area contributed by atoms with Crippen molar-refractivity contribution in [1.29, 1.82) is 0 Å². The summed E-state index contributed by atoms with van der Waals surface area (Å²) >= 11 is 3.40. The van der Waals surface area contributed by atoms with Gasteiger partial charge in [0.15, 0.2) is 0 Å². The maximum Gasteiger partial charge on any atom is 0.227 e. The average Bonchev–Trinajstić information content (AvgIpc) is 3.06. The predicted molar refractivity (Wildman–Crippen MR) is 93.4 cm³/mol. The highest BCUT2D eigenvalue weighted by Crippen LogP contribution is 2.21. The van der Waals surface area contributed by atoms with Gasteiger partial charge in [0.1, 0.15) is 5.69 Å². The van der Waals surface area contributed by atoms with Gasteiger partial charge in [0.05, 0.1) is 0 Å². The fraction of sp³-hybridized carbons (Fsp3) is 0.176. The van der Waals surface area contributed by atoms with Crippen molar-refractivity contribution in [3.8, 4) is 11.5 Å². The van der Waals surface area contributed by atoms with Crippen LogP contribution in [0.3, 0.4) is 0 Å². The Bertz CT molecular complexity index is 849. The van der Waals surface area contributed by atoms with Gasteiger partial charge >= 0.3 is 0 Å². The van der Waals surface area contributed by atoms with Crippen LogP contribution in [0.1, 0.15) is 17.9 Å². The van der Waals surface area contributed by atoms with Crippen molar-refractivity contribution >= 4 is 27.5 Å². The molecule has 24 heavy (non-hydrogen) atoms. The number of rotatable bonds is 5. The van der Waals surface area contributed by atoms with Crippen LogP contribution >= 0.6 is 15.9 Å². The zero-order valence-corrected chi connectivity index (χ0v) is 14.6. The van der Waals surface area contributed by atoms with Crippen molar-refractivity contribution in [3.05, 3.63) is 58.5 Å². The molecule has 122 valence electrons. The summed E-state index contributed by atoms with van der Waals surface area (Å²) < 4.78 is 6.09. The number of aryl methyl sites for hydroxylation is 2. The first kappa shape index (κ1) is 16.3. The molecule has 0 radical (unpaired) electrons. The fourth-order valence-electron chi connectivity index (χ4n) is 2.12. The highest BCUT2D eigenvalue weighted by atomic mass is 79.9. The van der Waals surface area contributed by atoms with E-state index in [0.717, 1.165) is 15.7 Å². The number of hydrogen-bond donors (Lipinski definition) is 1. The van der Waals surface area contributed by atoms with Crippen LogP contribution in [-0.4, -0.2) is 21.0 Å². The van der Waals surface area contributed by atoms with Crippen molar-refractivity contribution in [3.63, 3.8) is 0 Å². The van der Waals surface area contributed by atoms with Crippen molar-refractivity contribution in [2.24, 2.45) is 0 Å². The van der Waals surface area contributed by atoms with Crippen molar-refractivity contribution in [2.75, 3.05) is 5.32 Å². The quantitative estimate of drug-likeness (QED) is 0.721. The first-order valence-electron chi connectivity index (χ1n) is 7.42. The van der Waals surface area contributed by atoms with E-state index in [-0.39, 0.29) is 12.3 Å². The summed E-state index contributed by atoms with van der Waals surface area (Å²) in [5.41, 5.74) is 2.43. The molecule has 1 N–H and O–H groups in total. The highest BCUT2D eigenvalue weighted by Gasteiger charge is 2.12. The van der Waals surface area contributed by atoms with Gasteiger partial charge in [-0.3, -0.25) is 9.78 Å². The molecule has 0 aliphatic heterocycles. The van der Waals surface area contributed by atoms with Gasteiger partial charge < -0.3 is 9.84 Å². The second-order valence-corrected chi connectivity index (χ2v) is 6.15. The Labute approximate surface area is 147 Å². The normalized spacial score (nSPS) is 10.6. The standard InChI is InChI=1S/C17H15BrN4O2/c1-11-5-6-12(18)10-14(11)20-15(23)7-8-16-21-17(22-24-16)13-4-2-3-9-19-13/h2-6,9-10H,7-8H2,1H3,(H,20,23). The molecule has 0 fully saturated rings. The second kappa shape index (κ2) is 7.35. The number of halogens is 1. The molecule has 0 bridgehead atoms. The Balaban J connectivity index is 1.59. The van der Waals surface area contributed by atoms with Crippen LogP contribution in [0, 0.1) is 6.92 Å². The van der Waals surface area contributed by atoms with Gasteiger partial charge in [-0.25, -0.2) is 0 Å². The van der Waals surface area contributed by atoms with Crippen LogP contribution in [0.5, 0.6) is 0 Å². The van der Waals surface area contributed by atoms with Gasteiger partial charge in [-0.1, -0.05) is 33.2 Å². The van der Waals surface area contributed by atoms with Gasteiger partial charge in [0.25, 0.3) is 0 Å². The van der Waals surface area contributed by atoms with Crippen LogP contribution in [0.2, 0.25) is 0 Å². The number of benzene rings is 1. The second-order valence-electron chi connectivity index (χ2n) is 5.23. The molecule has 0 aliphatic carbocycles. The molecule has 3 aromatic rings. The molecule has 3 rings (SSSR count). The number of anilines is 1. The van der Waals surface area contributed by atoms with E-state index in [1.54, 1.807) is 12.3 Å². The van der Waals surface area contributed by atoms with Crippen LogP contribution in [0.15, 0.2) is 51.6 Å². The number of carbonyl (C=O) groups excluding carboxylic acids is 1. The lowest BCUT2D eigenvalue weighted by molar-refractivity contribution is -0.116.